The Bertz CT molecular complexity index is 432. The summed E-state index contributed by atoms with van der Waals surface area (Å²) in [4.78, 5) is 26.5. The predicted molar refractivity (Wildman–Crippen MR) is 66.4 cm³/mol. The summed E-state index contributed by atoms with van der Waals surface area (Å²) in [5.41, 5.74) is 6.91. The molecule has 0 aliphatic rings. The summed E-state index contributed by atoms with van der Waals surface area (Å²) >= 11 is 0. The number of carbonyl (C=O) groups excluding carboxylic acids is 2. The summed E-state index contributed by atoms with van der Waals surface area (Å²) in [5.74, 6) is 0.00805. The Balaban J connectivity index is 2.42. The molecule has 19 heavy (non-hydrogen) atoms. The normalized spacial score (nSPS) is 11.5. The minimum atomic E-state index is -0.777. The van der Waals surface area contributed by atoms with Gasteiger partial charge < -0.3 is 15.2 Å². The van der Waals surface area contributed by atoms with E-state index < -0.39 is 17.9 Å². The average Bonchev–Trinajstić information content (AvgIpc) is 2.39. The number of hydrogen-bond donors (Lipinski definition) is 2. The molecule has 0 aliphatic carbocycles. The Morgan fingerprint density at radius 1 is 1.26 bits per heavy atom. The van der Waals surface area contributed by atoms with Crippen molar-refractivity contribution in [2.45, 2.75) is 13.0 Å². The van der Waals surface area contributed by atoms with Crippen LogP contribution >= 0.6 is 0 Å². The molecule has 1 rings (SSSR count). The van der Waals surface area contributed by atoms with Crippen molar-refractivity contribution < 1.29 is 23.9 Å². The van der Waals surface area contributed by atoms with Gasteiger partial charge in [0.2, 0.25) is 5.91 Å². The van der Waals surface area contributed by atoms with Gasteiger partial charge in [-0.2, -0.15) is 0 Å². The van der Waals surface area contributed by atoms with Crippen LogP contribution in [0.5, 0.6) is 11.5 Å². The molecule has 0 aliphatic heterocycles. The van der Waals surface area contributed by atoms with Crippen LogP contribution in [0, 0.1) is 0 Å². The number of benzene rings is 1. The molecule has 7 heteroatoms. The maximum absolute atomic E-state index is 11.5. The number of nitrogens with two attached hydrogens (primary N) is 1. The van der Waals surface area contributed by atoms with Crippen molar-refractivity contribution in [3.63, 3.8) is 0 Å². The van der Waals surface area contributed by atoms with Gasteiger partial charge in [-0.3, -0.25) is 14.4 Å². The first-order chi connectivity index (χ1) is 9.02. The number of nitrogens with one attached hydrogen (secondary N) is 1. The molecule has 1 aromatic carbocycles. The Hall–Kier alpha value is -2.28. The van der Waals surface area contributed by atoms with Crippen LogP contribution in [0.2, 0.25) is 0 Å². The zero-order valence-electron chi connectivity index (χ0n) is 10.7. The monoisotopic (exact) mass is 268 g/mol. The summed E-state index contributed by atoms with van der Waals surface area (Å²) in [6.07, 6.45) is -0.777. The highest BCUT2D eigenvalue weighted by molar-refractivity contribution is 5.80. The standard InChI is InChI=1S/C12H16N2O5/c1-8(12(16)14-18-7-11(13)15)19-10-5-3-9(17-2)4-6-10/h3-6,8H,7H2,1-2H3,(H2,13,15)(H,14,16). The fourth-order valence-corrected chi connectivity index (χ4v) is 1.17. The van der Waals surface area contributed by atoms with Crippen LogP contribution in [0.15, 0.2) is 24.3 Å². The van der Waals surface area contributed by atoms with E-state index in [0.29, 0.717) is 11.5 Å². The summed E-state index contributed by atoms with van der Waals surface area (Å²) in [6, 6.07) is 6.77. The number of hydrogen-bond acceptors (Lipinski definition) is 5. The first-order valence-corrected chi connectivity index (χ1v) is 5.53. The molecule has 0 fully saturated rings. The number of carbonyl (C=O) groups is 2. The van der Waals surface area contributed by atoms with Crippen molar-refractivity contribution in [3.8, 4) is 11.5 Å². The van der Waals surface area contributed by atoms with E-state index in [1.54, 1.807) is 38.3 Å². The van der Waals surface area contributed by atoms with Gasteiger partial charge in [0.25, 0.3) is 5.91 Å². The number of ether oxygens (including phenoxy) is 2. The molecule has 0 spiro atoms. The van der Waals surface area contributed by atoms with E-state index in [-0.39, 0.29) is 6.61 Å². The molecule has 3 N–H and O–H groups in total. The minimum absolute atomic E-state index is 0.388. The van der Waals surface area contributed by atoms with Gasteiger partial charge in [-0.1, -0.05) is 0 Å². The van der Waals surface area contributed by atoms with E-state index in [2.05, 4.69) is 10.3 Å². The van der Waals surface area contributed by atoms with Crippen molar-refractivity contribution in [1.82, 2.24) is 5.48 Å². The lowest BCUT2D eigenvalue weighted by Gasteiger charge is -2.14. The fraction of sp³-hybridized carbons (Fsp3) is 0.333. The minimum Gasteiger partial charge on any atom is -0.497 e. The number of primary amides is 1. The molecule has 1 aromatic rings. The molecule has 0 radical (unpaired) electrons. The first-order valence-electron chi connectivity index (χ1n) is 5.53. The number of methoxy groups -OCH3 is 1. The van der Waals surface area contributed by atoms with Gasteiger partial charge in [-0.05, 0) is 31.2 Å². The Kier molecular flexibility index (Phi) is 5.62. The Morgan fingerprint density at radius 3 is 2.37 bits per heavy atom. The van der Waals surface area contributed by atoms with Crippen LogP contribution in [0.4, 0.5) is 0 Å². The van der Waals surface area contributed by atoms with Crippen molar-refractivity contribution >= 4 is 11.8 Å². The second kappa shape index (κ2) is 7.22. The van der Waals surface area contributed by atoms with Gasteiger partial charge in [0, 0.05) is 0 Å². The third-order valence-electron chi connectivity index (χ3n) is 2.13. The van der Waals surface area contributed by atoms with E-state index in [1.165, 1.54) is 0 Å². The van der Waals surface area contributed by atoms with E-state index in [0.717, 1.165) is 0 Å². The quantitative estimate of drug-likeness (QED) is 0.678. The lowest BCUT2D eigenvalue weighted by Crippen LogP contribution is -2.38. The molecule has 7 nitrogen and oxygen atoms in total. The molecule has 0 saturated carbocycles. The van der Waals surface area contributed by atoms with Crippen LogP contribution in [-0.4, -0.2) is 31.6 Å². The molecule has 104 valence electrons. The highest BCUT2D eigenvalue weighted by atomic mass is 16.7. The van der Waals surface area contributed by atoms with Crippen molar-refractivity contribution in [1.29, 1.82) is 0 Å². The van der Waals surface area contributed by atoms with Crippen LogP contribution in [0.1, 0.15) is 6.92 Å². The van der Waals surface area contributed by atoms with Crippen LogP contribution in [-0.2, 0) is 14.4 Å². The third kappa shape index (κ3) is 5.26. The van der Waals surface area contributed by atoms with Gasteiger partial charge in [0.15, 0.2) is 12.7 Å². The molecule has 0 heterocycles. The summed E-state index contributed by atoms with van der Waals surface area (Å²) in [6.45, 7) is 1.16. The molecular weight excluding hydrogens is 252 g/mol. The summed E-state index contributed by atoms with van der Waals surface area (Å²) < 4.78 is 10.4. The third-order valence-corrected chi connectivity index (χ3v) is 2.13. The van der Waals surface area contributed by atoms with E-state index in [9.17, 15) is 9.59 Å². The fourth-order valence-electron chi connectivity index (χ4n) is 1.17. The van der Waals surface area contributed by atoms with Gasteiger partial charge in [0.1, 0.15) is 11.5 Å². The number of amides is 2. The van der Waals surface area contributed by atoms with E-state index in [4.69, 9.17) is 15.2 Å². The molecule has 0 bridgehead atoms. The van der Waals surface area contributed by atoms with Crippen molar-refractivity contribution in [2.75, 3.05) is 13.7 Å². The highest BCUT2D eigenvalue weighted by Gasteiger charge is 2.15. The topological polar surface area (TPSA) is 99.9 Å². The second-order valence-corrected chi connectivity index (χ2v) is 3.66. The van der Waals surface area contributed by atoms with E-state index >= 15 is 0 Å². The highest BCUT2D eigenvalue weighted by Crippen LogP contribution is 2.18. The maximum atomic E-state index is 11.5. The Morgan fingerprint density at radius 2 is 1.84 bits per heavy atom. The Labute approximate surface area is 110 Å². The zero-order chi connectivity index (χ0) is 14.3. The first kappa shape index (κ1) is 14.8. The molecule has 1 atom stereocenters. The van der Waals surface area contributed by atoms with Crippen LogP contribution in [0.25, 0.3) is 0 Å². The second-order valence-electron chi connectivity index (χ2n) is 3.66. The van der Waals surface area contributed by atoms with Gasteiger partial charge in [-0.15, -0.1) is 0 Å². The zero-order valence-corrected chi connectivity index (χ0v) is 10.7. The van der Waals surface area contributed by atoms with Crippen LogP contribution < -0.4 is 20.7 Å². The number of rotatable bonds is 7. The lowest BCUT2D eigenvalue weighted by atomic mass is 10.3. The average molecular weight is 268 g/mol. The summed E-state index contributed by atoms with van der Waals surface area (Å²) in [7, 11) is 1.56. The van der Waals surface area contributed by atoms with Gasteiger partial charge in [-0.25, -0.2) is 5.48 Å². The largest absolute Gasteiger partial charge is 0.497 e. The molecular formula is C12H16N2O5. The predicted octanol–water partition coefficient (Wildman–Crippen LogP) is -0.00440. The molecule has 1 unspecified atom stereocenters. The van der Waals surface area contributed by atoms with Crippen molar-refractivity contribution in [3.05, 3.63) is 24.3 Å². The molecule has 0 saturated heterocycles. The maximum Gasteiger partial charge on any atom is 0.284 e. The SMILES string of the molecule is COc1ccc(OC(C)C(=O)NOCC(N)=O)cc1. The summed E-state index contributed by atoms with van der Waals surface area (Å²) in [5, 5.41) is 0. The number of hydroxylamine groups is 1. The van der Waals surface area contributed by atoms with Gasteiger partial charge >= 0.3 is 0 Å². The lowest BCUT2D eigenvalue weighted by molar-refractivity contribution is -0.143. The van der Waals surface area contributed by atoms with E-state index in [1.807, 2.05) is 0 Å². The van der Waals surface area contributed by atoms with Crippen LogP contribution in [0.3, 0.4) is 0 Å². The molecule has 0 aromatic heterocycles. The molecule has 2 amide bonds. The van der Waals surface area contributed by atoms with Gasteiger partial charge in [0.05, 0.1) is 7.11 Å². The van der Waals surface area contributed by atoms with Crippen molar-refractivity contribution in [2.24, 2.45) is 5.73 Å². The smallest absolute Gasteiger partial charge is 0.284 e.